The number of aliphatic hydroxyl groups excluding tert-OH is 1. The lowest BCUT2D eigenvalue weighted by molar-refractivity contribution is 0.0238. The van der Waals surface area contributed by atoms with Crippen LogP contribution in [0.5, 0.6) is 0 Å². The van der Waals surface area contributed by atoms with Crippen molar-refractivity contribution in [1.82, 2.24) is 15.3 Å². The second-order valence-electron chi connectivity index (χ2n) is 6.91. The van der Waals surface area contributed by atoms with E-state index in [1.54, 1.807) is 31.3 Å². The van der Waals surface area contributed by atoms with Gasteiger partial charge in [0.05, 0.1) is 6.10 Å². The summed E-state index contributed by atoms with van der Waals surface area (Å²) in [6, 6.07) is 11.0. The molecule has 0 unspecified atom stereocenters. The van der Waals surface area contributed by atoms with Crippen molar-refractivity contribution in [3.63, 3.8) is 0 Å². The summed E-state index contributed by atoms with van der Waals surface area (Å²) in [5, 5.41) is 12.8. The summed E-state index contributed by atoms with van der Waals surface area (Å²) in [5.74, 6) is 0.685. The summed E-state index contributed by atoms with van der Waals surface area (Å²) < 4.78 is 5.52. The quantitative estimate of drug-likeness (QED) is 0.738. The summed E-state index contributed by atoms with van der Waals surface area (Å²) in [6.45, 7) is 1.78. The minimum Gasteiger partial charge on any atom is -0.441 e. The van der Waals surface area contributed by atoms with E-state index in [0.29, 0.717) is 36.3 Å². The van der Waals surface area contributed by atoms with Gasteiger partial charge in [0.15, 0.2) is 11.5 Å². The van der Waals surface area contributed by atoms with E-state index in [1.807, 2.05) is 18.2 Å². The number of fused-ring (bicyclic) bond motifs is 1. The lowest BCUT2D eigenvalue weighted by Gasteiger charge is -2.38. The normalized spacial score (nSPS) is 20.5. The number of benzene rings is 1. The van der Waals surface area contributed by atoms with Crippen LogP contribution in [0, 0.1) is 12.8 Å². The molecule has 26 heavy (non-hydrogen) atoms. The molecule has 134 valence electrons. The summed E-state index contributed by atoms with van der Waals surface area (Å²) in [7, 11) is 0. The molecule has 0 saturated heterocycles. The summed E-state index contributed by atoms with van der Waals surface area (Å²) >= 11 is 0. The Labute approximate surface area is 151 Å². The zero-order valence-corrected chi connectivity index (χ0v) is 14.6. The topological polar surface area (TPSA) is 88.2 Å². The Kier molecular flexibility index (Phi) is 4.42. The molecule has 2 heterocycles. The molecule has 0 spiro atoms. The van der Waals surface area contributed by atoms with Crippen LogP contribution >= 0.6 is 0 Å². The molecule has 1 amide bonds. The van der Waals surface area contributed by atoms with Gasteiger partial charge >= 0.3 is 0 Å². The van der Waals surface area contributed by atoms with Crippen molar-refractivity contribution in [2.75, 3.05) is 0 Å². The molecule has 1 saturated carbocycles. The second kappa shape index (κ2) is 6.88. The molecule has 2 N–H and O–H groups in total. The number of nitrogens with zero attached hydrogens (tertiary/aromatic N) is 2. The first kappa shape index (κ1) is 16.7. The number of carbonyl (C=O) groups is 1. The average Bonchev–Trinajstić information content (AvgIpc) is 2.98. The van der Waals surface area contributed by atoms with Crippen molar-refractivity contribution in [3.05, 3.63) is 59.7 Å². The van der Waals surface area contributed by atoms with Crippen molar-refractivity contribution in [3.8, 4) is 0 Å². The van der Waals surface area contributed by atoms with E-state index in [2.05, 4.69) is 15.3 Å². The van der Waals surface area contributed by atoms with Gasteiger partial charge in [-0.05, 0) is 49.1 Å². The van der Waals surface area contributed by atoms with Crippen molar-refractivity contribution < 1.29 is 14.3 Å². The van der Waals surface area contributed by atoms with Gasteiger partial charge in [0, 0.05) is 36.8 Å². The predicted octanol–water partition coefficient (Wildman–Crippen LogP) is 2.64. The molecule has 0 radical (unpaired) electrons. The highest BCUT2D eigenvalue weighted by molar-refractivity contribution is 5.97. The van der Waals surface area contributed by atoms with E-state index in [1.165, 1.54) is 0 Å². The standard InChI is InChI=1S/C20H21N3O3/c1-12-22-17-6-5-13(10-19(17)26-12)20(25)23-18(14-8-16(24)9-14)11-15-4-2-3-7-21-15/h2-7,10,14,16,18,24H,8-9,11H2,1H3,(H,23,25)/t14?,16?,18-/m0/s1. The third kappa shape index (κ3) is 3.46. The zero-order valence-electron chi connectivity index (χ0n) is 14.6. The van der Waals surface area contributed by atoms with Crippen molar-refractivity contribution in [2.24, 2.45) is 5.92 Å². The molecule has 1 aliphatic rings. The largest absolute Gasteiger partial charge is 0.441 e. The van der Waals surface area contributed by atoms with Crippen molar-refractivity contribution in [2.45, 2.75) is 38.3 Å². The molecule has 1 fully saturated rings. The summed E-state index contributed by atoms with van der Waals surface area (Å²) in [4.78, 5) is 21.4. The maximum atomic E-state index is 12.8. The van der Waals surface area contributed by atoms with E-state index in [4.69, 9.17) is 4.42 Å². The number of aromatic nitrogens is 2. The molecule has 6 heteroatoms. The van der Waals surface area contributed by atoms with Crippen LogP contribution in [0.2, 0.25) is 0 Å². The van der Waals surface area contributed by atoms with Gasteiger partial charge in [-0.3, -0.25) is 9.78 Å². The third-order valence-electron chi connectivity index (χ3n) is 4.95. The Balaban J connectivity index is 1.52. The lowest BCUT2D eigenvalue weighted by atomic mass is 9.76. The van der Waals surface area contributed by atoms with E-state index in [9.17, 15) is 9.90 Å². The van der Waals surface area contributed by atoms with Crippen LogP contribution in [0.4, 0.5) is 0 Å². The SMILES string of the molecule is Cc1nc2ccc(C(=O)N[C@@H](Cc3ccccn3)C3CC(O)C3)cc2o1. The maximum Gasteiger partial charge on any atom is 0.251 e. The third-order valence-corrected chi connectivity index (χ3v) is 4.95. The molecule has 1 atom stereocenters. The van der Waals surface area contributed by atoms with Crippen LogP contribution in [-0.2, 0) is 6.42 Å². The van der Waals surface area contributed by atoms with Gasteiger partial charge in [-0.1, -0.05) is 6.07 Å². The number of amides is 1. The van der Waals surface area contributed by atoms with Gasteiger partial charge in [0.2, 0.25) is 0 Å². The summed E-state index contributed by atoms with van der Waals surface area (Å²) in [6.07, 6.45) is 3.55. The van der Waals surface area contributed by atoms with Crippen LogP contribution in [0.3, 0.4) is 0 Å². The summed E-state index contributed by atoms with van der Waals surface area (Å²) in [5.41, 5.74) is 2.82. The number of rotatable bonds is 5. The van der Waals surface area contributed by atoms with E-state index < -0.39 is 0 Å². The maximum absolute atomic E-state index is 12.8. The fourth-order valence-corrected chi connectivity index (χ4v) is 3.47. The lowest BCUT2D eigenvalue weighted by Crippen LogP contribution is -2.48. The van der Waals surface area contributed by atoms with Gasteiger partial charge in [0.25, 0.3) is 5.91 Å². The zero-order chi connectivity index (χ0) is 18.1. The van der Waals surface area contributed by atoms with Crippen LogP contribution in [-0.4, -0.2) is 33.1 Å². The highest BCUT2D eigenvalue weighted by atomic mass is 16.3. The first-order valence-electron chi connectivity index (χ1n) is 8.84. The van der Waals surface area contributed by atoms with Gasteiger partial charge in [-0.2, -0.15) is 0 Å². The first-order valence-corrected chi connectivity index (χ1v) is 8.84. The molecule has 1 aliphatic carbocycles. The molecule has 0 aliphatic heterocycles. The van der Waals surface area contributed by atoms with E-state index in [-0.39, 0.29) is 24.0 Å². The Morgan fingerprint density at radius 2 is 2.19 bits per heavy atom. The predicted molar refractivity (Wildman–Crippen MR) is 96.7 cm³/mol. The molecular weight excluding hydrogens is 330 g/mol. The molecule has 4 rings (SSSR count). The molecule has 1 aromatic carbocycles. The smallest absolute Gasteiger partial charge is 0.251 e. The highest BCUT2D eigenvalue weighted by Crippen LogP contribution is 2.31. The van der Waals surface area contributed by atoms with Gasteiger partial charge < -0.3 is 14.8 Å². The van der Waals surface area contributed by atoms with Crippen molar-refractivity contribution >= 4 is 17.0 Å². The Hall–Kier alpha value is -2.73. The average molecular weight is 351 g/mol. The number of oxazole rings is 1. The van der Waals surface area contributed by atoms with Crippen LogP contribution < -0.4 is 5.32 Å². The number of aryl methyl sites for hydroxylation is 1. The number of pyridine rings is 1. The molecule has 3 aromatic rings. The fourth-order valence-electron chi connectivity index (χ4n) is 3.47. The number of aliphatic hydroxyl groups is 1. The Morgan fingerprint density at radius 1 is 1.35 bits per heavy atom. The van der Waals surface area contributed by atoms with E-state index >= 15 is 0 Å². The monoisotopic (exact) mass is 351 g/mol. The number of hydrogen-bond acceptors (Lipinski definition) is 5. The highest BCUT2D eigenvalue weighted by Gasteiger charge is 2.35. The molecular formula is C20H21N3O3. The second-order valence-corrected chi connectivity index (χ2v) is 6.91. The minimum absolute atomic E-state index is 0.0621. The van der Waals surface area contributed by atoms with Crippen LogP contribution in [0.25, 0.3) is 11.1 Å². The molecule has 0 bridgehead atoms. The molecule has 2 aromatic heterocycles. The number of hydrogen-bond donors (Lipinski definition) is 2. The Morgan fingerprint density at radius 3 is 2.92 bits per heavy atom. The van der Waals surface area contributed by atoms with E-state index in [0.717, 1.165) is 11.2 Å². The first-order chi connectivity index (χ1) is 12.6. The van der Waals surface area contributed by atoms with Gasteiger partial charge in [-0.25, -0.2) is 4.98 Å². The van der Waals surface area contributed by atoms with Crippen molar-refractivity contribution in [1.29, 1.82) is 0 Å². The van der Waals surface area contributed by atoms with Gasteiger partial charge in [-0.15, -0.1) is 0 Å². The minimum atomic E-state index is -0.267. The fraction of sp³-hybridized carbons (Fsp3) is 0.350. The van der Waals surface area contributed by atoms with Crippen LogP contribution in [0.1, 0.15) is 34.8 Å². The molecule has 6 nitrogen and oxygen atoms in total. The van der Waals surface area contributed by atoms with Gasteiger partial charge in [0.1, 0.15) is 5.52 Å². The number of carbonyl (C=O) groups excluding carboxylic acids is 1. The van der Waals surface area contributed by atoms with Crippen LogP contribution in [0.15, 0.2) is 47.0 Å². The Bertz CT molecular complexity index is 916. The number of nitrogens with one attached hydrogen (secondary N) is 1.